The van der Waals surface area contributed by atoms with E-state index in [2.05, 4.69) is 5.32 Å². The summed E-state index contributed by atoms with van der Waals surface area (Å²) in [7, 11) is -4.11. The first-order chi connectivity index (χ1) is 13.2. The number of amides is 1. The number of ether oxygens (including phenoxy) is 1. The summed E-state index contributed by atoms with van der Waals surface area (Å²) in [6.07, 6.45) is -1.21. The number of hydrogen-bond acceptors (Lipinski definition) is 6. The molecule has 0 saturated heterocycles. The quantitative estimate of drug-likeness (QED) is 0.673. The molecule has 2 N–H and O–H groups in total. The van der Waals surface area contributed by atoms with Crippen molar-refractivity contribution in [1.29, 1.82) is 5.26 Å². The molecule has 0 aliphatic rings. The molecule has 0 bridgehead atoms. The highest BCUT2D eigenvalue weighted by Crippen LogP contribution is 2.11. The van der Waals surface area contributed by atoms with Crippen LogP contribution in [0.15, 0.2) is 53.4 Å². The Morgan fingerprint density at radius 1 is 1.21 bits per heavy atom. The Kier molecular flexibility index (Phi) is 6.81. The van der Waals surface area contributed by atoms with E-state index < -0.39 is 40.4 Å². The summed E-state index contributed by atoms with van der Waals surface area (Å²) in [5.41, 5.74) is 0.688. The summed E-state index contributed by atoms with van der Waals surface area (Å²) >= 11 is 0. The van der Waals surface area contributed by atoms with Crippen molar-refractivity contribution >= 4 is 27.6 Å². The van der Waals surface area contributed by atoms with Crippen molar-refractivity contribution in [2.75, 3.05) is 11.9 Å². The van der Waals surface area contributed by atoms with Crippen LogP contribution in [0.1, 0.15) is 12.5 Å². The largest absolute Gasteiger partial charge is 0.452 e. The van der Waals surface area contributed by atoms with E-state index >= 15 is 0 Å². The lowest BCUT2D eigenvalue weighted by Gasteiger charge is -2.14. The van der Waals surface area contributed by atoms with E-state index in [1.807, 2.05) is 10.8 Å². The van der Waals surface area contributed by atoms with E-state index in [-0.39, 0.29) is 4.90 Å². The molecule has 28 heavy (non-hydrogen) atoms. The van der Waals surface area contributed by atoms with Crippen LogP contribution < -0.4 is 10.0 Å². The average molecular weight is 405 g/mol. The van der Waals surface area contributed by atoms with Crippen LogP contribution in [-0.4, -0.2) is 32.9 Å². The standard InChI is InChI=1S/C18H16FN3O5S/c1-12(18(24)22-15-6-2-4-13(8-15)10-20)27-17(23)11-21-28(25,26)16-7-3-5-14(19)9-16/h2-9,12,21H,11H2,1H3,(H,22,24)/t12-/m1/s1. The molecule has 2 aromatic rings. The van der Waals surface area contributed by atoms with Crippen molar-refractivity contribution in [2.45, 2.75) is 17.9 Å². The lowest BCUT2D eigenvalue weighted by atomic mass is 10.2. The number of anilines is 1. The molecule has 1 atom stereocenters. The highest BCUT2D eigenvalue weighted by molar-refractivity contribution is 7.89. The number of rotatable bonds is 7. The van der Waals surface area contributed by atoms with E-state index in [4.69, 9.17) is 10.00 Å². The summed E-state index contributed by atoms with van der Waals surface area (Å²) in [5.74, 6) is -2.39. The van der Waals surface area contributed by atoms with Gasteiger partial charge in [-0.1, -0.05) is 12.1 Å². The molecule has 146 valence electrons. The summed E-state index contributed by atoms with van der Waals surface area (Å²) in [6.45, 7) is 0.572. The molecule has 0 spiro atoms. The number of nitrogens with zero attached hydrogens (tertiary/aromatic N) is 1. The molecule has 1 amide bonds. The van der Waals surface area contributed by atoms with Gasteiger partial charge in [0, 0.05) is 5.69 Å². The molecule has 2 aromatic carbocycles. The van der Waals surface area contributed by atoms with Gasteiger partial charge in [0.1, 0.15) is 12.4 Å². The zero-order valence-corrected chi connectivity index (χ0v) is 15.5. The lowest BCUT2D eigenvalue weighted by molar-refractivity contribution is -0.151. The van der Waals surface area contributed by atoms with Crippen molar-refractivity contribution in [3.05, 3.63) is 59.9 Å². The molecule has 0 saturated carbocycles. The van der Waals surface area contributed by atoms with Crippen LogP contribution in [0.3, 0.4) is 0 Å². The Hall–Kier alpha value is -3.29. The van der Waals surface area contributed by atoms with Crippen LogP contribution >= 0.6 is 0 Å². The summed E-state index contributed by atoms with van der Waals surface area (Å²) < 4.78 is 44.0. The number of carbonyl (C=O) groups excluding carboxylic acids is 2. The van der Waals surface area contributed by atoms with Crippen molar-refractivity contribution in [3.8, 4) is 6.07 Å². The number of halogens is 1. The molecule has 0 aliphatic heterocycles. The van der Waals surface area contributed by atoms with E-state index in [0.29, 0.717) is 11.3 Å². The lowest BCUT2D eigenvalue weighted by Crippen LogP contribution is -2.35. The number of esters is 1. The van der Waals surface area contributed by atoms with Gasteiger partial charge in [-0.15, -0.1) is 0 Å². The summed E-state index contributed by atoms with van der Waals surface area (Å²) in [5, 5.41) is 11.3. The first kappa shape index (κ1) is 21.0. The Morgan fingerprint density at radius 3 is 2.61 bits per heavy atom. The van der Waals surface area contributed by atoms with Gasteiger partial charge in [-0.25, -0.2) is 12.8 Å². The van der Waals surface area contributed by atoms with Gasteiger partial charge < -0.3 is 10.1 Å². The third-order valence-corrected chi connectivity index (χ3v) is 4.85. The maximum atomic E-state index is 13.1. The minimum absolute atomic E-state index is 0.342. The fraction of sp³-hybridized carbons (Fsp3) is 0.167. The van der Waals surface area contributed by atoms with E-state index in [0.717, 1.165) is 12.1 Å². The Balaban J connectivity index is 1.89. The predicted octanol–water partition coefficient (Wildman–Crippen LogP) is 1.55. The zero-order valence-electron chi connectivity index (χ0n) is 14.7. The Morgan fingerprint density at radius 2 is 1.93 bits per heavy atom. The van der Waals surface area contributed by atoms with Crippen molar-refractivity contribution in [2.24, 2.45) is 0 Å². The highest BCUT2D eigenvalue weighted by atomic mass is 32.2. The van der Waals surface area contributed by atoms with Crippen LogP contribution in [0.2, 0.25) is 0 Å². The number of nitrogens with one attached hydrogen (secondary N) is 2. The van der Waals surface area contributed by atoms with Crippen LogP contribution in [0.4, 0.5) is 10.1 Å². The minimum Gasteiger partial charge on any atom is -0.452 e. The second-order valence-electron chi connectivity index (χ2n) is 5.60. The molecule has 0 radical (unpaired) electrons. The van der Waals surface area contributed by atoms with Gasteiger partial charge in [-0.05, 0) is 43.3 Å². The Bertz CT molecular complexity index is 1030. The van der Waals surface area contributed by atoms with Crippen LogP contribution in [0.5, 0.6) is 0 Å². The Labute approximate surface area is 161 Å². The number of nitriles is 1. The second kappa shape index (κ2) is 9.07. The number of hydrogen-bond donors (Lipinski definition) is 2. The van der Waals surface area contributed by atoms with Gasteiger partial charge in [-0.3, -0.25) is 9.59 Å². The van der Waals surface area contributed by atoms with Gasteiger partial charge in [0.05, 0.1) is 16.5 Å². The van der Waals surface area contributed by atoms with Crippen molar-refractivity contribution in [1.82, 2.24) is 4.72 Å². The number of carbonyl (C=O) groups is 2. The van der Waals surface area contributed by atoms with E-state index in [1.165, 1.54) is 25.1 Å². The topological polar surface area (TPSA) is 125 Å². The SMILES string of the molecule is C[C@@H](OC(=O)CNS(=O)(=O)c1cccc(F)c1)C(=O)Nc1cccc(C#N)c1. The van der Waals surface area contributed by atoms with Crippen LogP contribution in [-0.2, 0) is 24.3 Å². The maximum Gasteiger partial charge on any atom is 0.321 e. The molecular weight excluding hydrogens is 389 g/mol. The normalized spacial score (nSPS) is 11.9. The second-order valence-corrected chi connectivity index (χ2v) is 7.36. The van der Waals surface area contributed by atoms with E-state index in [9.17, 15) is 22.4 Å². The van der Waals surface area contributed by atoms with Gasteiger partial charge >= 0.3 is 5.97 Å². The highest BCUT2D eigenvalue weighted by Gasteiger charge is 2.21. The first-order valence-electron chi connectivity index (χ1n) is 7.97. The molecule has 0 fully saturated rings. The minimum atomic E-state index is -4.11. The van der Waals surface area contributed by atoms with Gasteiger partial charge in [0.25, 0.3) is 5.91 Å². The zero-order chi connectivity index (χ0) is 20.7. The third kappa shape index (κ3) is 5.87. The number of benzene rings is 2. The average Bonchev–Trinajstić information content (AvgIpc) is 2.66. The maximum absolute atomic E-state index is 13.1. The third-order valence-electron chi connectivity index (χ3n) is 3.45. The van der Waals surface area contributed by atoms with Gasteiger partial charge in [0.15, 0.2) is 6.10 Å². The number of sulfonamides is 1. The van der Waals surface area contributed by atoms with Crippen LogP contribution in [0.25, 0.3) is 0 Å². The smallest absolute Gasteiger partial charge is 0.321 e. The molecule has 10 heteroatoms. The summed E-state index contributed by atoms with van der Waals surface area (Å²) in [4.78, 5) is 23.5. The fourth-order valence-electron chi connectivity index (χ4n) is 2.07. The summed E-state index contributed by atoms with van der Waals surface area (Å²) in [6, 6.07) is 12.3. The molecule has 0 heterocycles. The van der Waals surface area contributed by atoms with Gasteiger partial charge in [0.2, 0.25) is 10.0 Å². The molecule has 2 rings (SSSR count). The van der Waals surface area contributed by atoms with E-state index in [1.54, 1.807) is 18.2 Å². The monoisotopic (exact) mass is 405 g/mol. The first-order valence-corrected chi connectivity index (χ1v) is 9.45. The molecule has 8 nitrogen and oxygen atoms in total. The molecule has 0 unspecified atom stereocenters. The van der Waals surface area contributed by atoms with Crippen molar-refractivity contribution in [3.63, 3.8) is 0 Å². The van der Waals surface area contributed by atoms with Gasteiger partial charge in [-0.2, -0.15) is 9.98 Å². The molecular formula is C18H16FN3O5S. The van der Waals surface area contributed by atoms with Crippen molar-refractivity contribution < 1.29 is 27.1 Å². The fourth-order valence-corrected chi connectivity index (χ4v) is 3.07. The van der Waals surface area contributed by atoms with Crippen LogP contribution in [0, 0.1) is 17.1 Å². The molecule has 0 aromatic heterocycles. The molecule has 0 aliphatic carbocycles. The predicted molar refractivity (Wildman–Crippen MR) is 96.9 cm³/mol.